The number of hydrogen-bond donors (Lipinski definition) is 1. The van der Waals surface area contributed by atoms with Crippen molar-refractivity contribution in [1.29, 1.82) is 21.2 Å². The lowest BCUT2D eigenvalue weighted by Crippen LogP contribution is -2.59. The van der Waals surface area contributed by atoms with Crippen LogP contribution >= 0.6 is 0 Å². The Morgan fingerprint density at radius 2 is 1.73 bits per heavy atom. The van der Waals surface area contributed by atoms with E-state index < -0.39 is 28.6 Å². The molecular formula is C20H18N4O2. The van der Waals surface area contributed by atoms with Gasteiger partial charge in [0.1, 0.15) is 6.10 Å². The smallest absolute Gasteiger partial charge is 0.217 e. The van der Waals surface area contributed by atoms with Gasteiger partial charge in [-0.05, 0) is 18.4 Å². The van der Waals surface area contributed by atoms with Gasteiger partial charge in [0.15, 0.2) is 5.41 Å². The van der Waals surface area contributed by atoms with Crippen molar-refractivity contribution in [3.8, 4) is 18.2 Å². The van der Waals surface area contributed by atoms with Gasteiger partial charge in [-0.25, -0.2) is 0 Å². The molecule has 1 aromatic rings. The normalized spacial score (nSPS) is 37.2. The average Bonchev–Trinajstić information content (AvgIpc) is 2.81. The molecule has 0 unspecified atom stereocenters. The van der Waals surface area contributed by atoms with E-state index in [1.54, 1.807) is 12.1 Å². The van der Waals surface area contributed by atoms with Crippen molar-refractivity contribution in [3.63, 3.8) is 0 Å². The van der Waals surface area contributed by atoms with Crippen molar-refractivity contribution in [2.45, 2.75) is 44.0 Å². The van der Waals surface area contributed by atoms with Gasteiger partial charge in [0, 0.05) is 6.42 Å². The minimum absolute atomic E-state index is 0.298. The first-order valence-electron chi connectivity index (χ1n) is 8.85. The molecule has 26 heavy (non-hydrogen) atoms. The maximum atomic E-state index is 10.2. The largest absolute Gasteiger partial charge is 0.447 e. The highest BCUT2D eigenvalue weighted by molar-refractivity contribution is 5.89. The van der Waals surface area contributed by atoms with Crippen LogP contribution in [0.3, 0.4) is 0 Å². The summed E-state index contributed by atoms with van der Waals surface area (Å²) in [5.41, 5.74) is -2.81. The maximum absolute atomic E-state index is 10.2. The fraction of sp³-hybridized carbons (Fsp3) is 0.500. The van der Waals surface area contributed by atoms with Crippen molar-refractivity contribution in [2.24, 2.45) is 16.7 Å². The van der Waals surface area contributed by atoms with E-state index in [0.717, 1.165) is 19.3 Å². The minimum atomic E-state index is -1.84. The first-order chi connectivity index (χ1) is 12.6. The molecule has 0 radical (unpaired) electrons. The molecule has 0 aromatic heterocycles. The summed E-state index contributed by atoms with van der Waals surface area (Å²) in [6.45, 7) is 0. The van der Waals surface area contributed by atoms with Crippen LogP contribution in [-0.4, -0.2) is 11.7 Å². The van der Waals surface area contributed by atoms with Crippen molar-refractivity contribution in [1.82, 2.24) is 0 Å². The zero-order valence-corrected chi connectivity index (χ0v) is 14.2. The Balaban J connectivity index is 2.01. The van der Waals surface area contributed by atoms with Gasteiger partial charge in [-0.15, -0.1) is 0 Å². The van der Waals surface area contributed by atoms with Crippen LogP contribution in [0.1, 0.15) is 43.8 Å². The number of nitriles is 3. The number of ether oxygens (including phenoxy) is 2. The molecule has 2 saturated heterocycles. The van der Waals surface area contributed by atoms with Crippen molar-refractivity contribution < 1.29 is 9.47 Å². The van der Waals surface area contributed by atoms with Gasteiger partial charge in [0.05, 0.1) is 24.1 Å². The molecule has 6 heteroatoms. The summed E-state index contributed by atoms with van der Waals surface area (Å²) in [4.78, 5) is 0. The molecule has 1 N–H and O–H groups in total. The molecule has 130 valence electrons. The number of benzene rings is 1. The molecule has 1 aliphatic carbocycles. The SMILES string of the molecule is N#CC1(C#N)[C@@H](c2ccccc2)O[C@@]23CCCCC[C@H]2[C@@]1(C#N)C(=N)O3. The van der Waals surface area contributed by atoms with Crippen molar-refractivity contribution in [2.75, 3.05) is 0 Å². The molecule has 6 nitrogen and oxygen atoms in total. The van der Waals surface area contributed by atoms with Gasteiger partial charge in [0.2, 0.25) is 17.1 Å². The van der Waals surface area contributed by atoms with Gasteiger partial charge in [-0.2, -0.15) is 15.8 Å². The molecule has 1 saturated carbocycles. The molecule has 2 heterocycles. The molecule has 4 rings (SSSR count). The summed E-state index contributed by atoms with van der Waals surface area (Å²) >= 11 is 0. The molecule has 1 aromatic carbocycles. The monoisotopic (exact) mass is 346 g/mol. The summed E-state index contributed by atoms with van der Waals surface area (Å²) in [7, 11) is 0. The van der Waals surface area contributed by atoms with E-state index in [0.29, 0.717) is 18.4 Å². The Labute approximate surface area is 152 Å². The summed E-state index contributed by atoms with van der Waals surface area (Å²) in [5, 5.41) is 38.9. The third-order valence-electron chi connectivity index (χ3n) is 6.17. The lowest BCUT2D eigenvalue weighted by Gasteiger charge is -2.49. The second-order valence-corrected chi connectivity index (χ2v) is 7.25. The lowest BCUT2D eigenvalue weighted by atomic mass is 9.52. The van der Waals surface area contributed by atoms with Crippen LogP contribution in [0, 0.1) is 56.2 Å². The lowest BCUT2D eigenvalue weighted by molar-refractivity contribution is -0.284. The number of nitrogens with zero attached hydrogens (tertiary/aromatic N) is 3. The Hall–Kier alpha value is -2.88. The average molecular weight is 346 g/mol. The Bertz CT molecular complexity index is 864. The molecule has 0 spiro atoms. The van der Waals surface area contributed by atoms with Gasteiger partial charge in [0.25, 0.3) is 0 Å². The molecule has 3 aliphatic rings. The Morgan fingerprint density at radius 1 is 1.00 bits per heavy atom. The quantitative estimate of drug-likeness (QED) is 0.834. The van der Waals surface area contributed by atoms with Crippen LogP contribution in [0.15, 0.2) is 30.3 Å². The van der Waals surface area contributed by atoms with Gasteiger partial charge in [-0.1, -0.05) is 43.2 Å². The summed E-state index contributed by atoms with van der Waals surface area (Å²) in [6, 6.07) is 15.4. The van der Waals surface area contributed by atoms with Crippen molar-refractivity contribution >= 4 is 5.90 Å². The number of nitrogens with one attached hydrogen (secondary N) is 1. The predicted molar refractivity (Wildman–Crippen MR) is 90.1 cm³/mol. The third-order valence-corrected chi connectivity index (χ3v) is 6.17. The first kappa shape index (κ1) is 16.6. The number of rotatable bonds is 1. The van der Waals surface area contributed by atoms with E-state index in [1.165, 1.54) is 0 Å². The van der Waals surface area contributed by atoms with E-state index in [9.17, 15) is 15.8 Å². The highest BCUT2D eigenvalue weighted by Gasteiger charge is 2.80. The van der Waals surface area contributed by atoms with E-state index in [-0.39, 0.29) is 5.90 Å². The third kappa shape index (κ3) is 1.74. The van der Waals surface area contributed by atoms with E-state index >= 15 is 0 Å². The molecule has 3 fully saturated rings. The fourth-order valence-electron chi connectivity index (χ4n) is 4.97. The van der Waals surface area contributed by atoms with Gasteiger partial charge in [-0.3, -0.25) is 5.41 Å². The fourth-order valence-corrected chi connectivity index (χ4v) is 4.97. The van der Waals surface area contributed by atoms with Crippen LogP contribution in [0.25, 0.3) is 0 Å². The van der Waals surface area contributed by atoms with Crippen LogP contribution in [-0.2, 0) is 9.47 Å². The van der Waals surface area contributed by atoms with E-state index in [4.69, 9.17) is 14.9 Å². The molecule has 0 amide bonds. The van der Waals surface area contributed by atoms with Crippen molar-refractivity contribution in [3.05, 3.63) is 35.9 Å². The Kier molecular flexibility index (Phi) is 3.55. The van der Waals surface area contributed by atoms with Crippen LogP contribution in [0.5, 0.6) is 0 Å². The standard InChI is InChI=1S/C20H18N4O2/c21-11-18(12-22)16(14-7-3-1-4-8-14)25-20-10-6-2-5-9-15(20)19(18,13-23)17(24)26-20/h1,3-4,7-8,15-16,24H,2,5-6,9-10H2/t15-,16+,19-,20+/m0/s1. The second kappa shape index (κ2) is 5.56. The molecule has 2 bridgehead atoms. The summed E-state index contributed by atoms with van der Waals surface area (Å²) in [6.07, 6.45) is 2.90. The molecular weight excluding hydrogens is 328 g/mol. The van der Waals surface area contributed by atoms with Gasteiger partial charge >= 0.3 is 0 Å². The zero-order chi connectivity index (χ0) is 18.4. The minimum Gasteiger partial charge on any atom is -0.447 e. The zero-order valence-electron chi connectivity index (χ0n) is 14.2. The highest BCUT2D eigenvalue weighted by atomic mass is 16.7. The van der Waals surface area contributed by atoms with Gasteiger partial charge < -0.3 is 9.47 Å². The van der Waals surface area contributed by atoms with E-state index in [1.807, 2.05) is 18.2 Å². The van der Waals surface area contributed by atoms with Crippen LogP contribution in [0.2, 0.25) is 0 Å². The number of hydrogen-bond acceptors (Lipinski definition) is 6. The summed E-state index contributed by atoms with van der Waals surface area (Å²) < 4.78 is 12.3. The summed E-state index contributed by atoms with van der Waals surface area (Å²) in [5.74, 6) is -1.90. The topological polar surface area (TPSA) is 114 Å². The first-order valence-corrected chi connectivity index (χ1v) is 8.85. The highest BCUT2D eigenvalue weighted by Crippen LogP contribution is 2.68. The predicted octanol–water partition coefficient (Wildman–Crippen LogP) is 3.59. The maximum Gasteiger partial charge on any atom is 0.217 e. The molecule has 4 atom stereocenters. The van der Waals surface area contributed by atoms with Crippen LogP contribution < -0.4 is 0 Å². The second-order valence-electron chi connectivity index (χ2n) is 7.25. The molecule has 2 aliphatic heterocycles. The van der Waals surface area contributed by atoms with E-state index in [2.05, 4.69) is 18.2 Å². The Morgan fingerprint density at radius 3 is 2.38 bits per heavy atom. The van der Waals surface area contributed by atoms with Crippen LogP contribution in [0.4, 0.5) is 0 Å².